The third-order valence-electron chi connectivity index (χ3n) is 6.59. The molecule has 160 valence electrons. The number of pyridine rings is 1. The third-order valence-corrected chi connectivity index (χ3v) is 6.59. The number of piperidine rings is 1. The molecule has 2 aromatic heterocycles. The zero-order chi connectivity index (χ0) is 20.7. The highest BCUT2D eigenvalue weighted by molar-refractivity contribution is 5.92. The first-order chi connectivity index (χ1) is 14.6. The largest absolute Gasteiger partial charge is 0.379 e. The number of likely N-dealkylation sites (tertiary alicyclic amines) is 1. The fraction of sp³-hybridized carbons (Fsp3) is 0.591. The van der Waals surface area contributed by atoms with Crippen molar-refractivity contribution in [2.24, 2.45) is 5.92 Å². The first-order valence-corrected chi connectivity index (χ1v) is 10.9. The topological polar surface area (TPSA) is 80.8 Å². The van der Waals surface area contributed by atoms with E-state index in [9.17, 15) is 9.59 Å². The zero-order valence-corrected chi connectivity index (χ0v) is 17.4. The van der Waals surface area contributed by atoms with E-state index in [-0.39, 0.29) is 23.3 Å². The van der Waals surface area contributed by atoms with Crippen molar-refractivity contribution in [3.05, 3.63) is 51.3 Å². The zero-order valence-electron chi connectivity index (χ0n) is 17.4. The van der Waals surface area contributed by atoms with Crippen LogP contribution in [0.1, 0.15) is 46.8 Å². The van der Waals surface area contributed by atoms with Crippen molar-refractivity contribution in [2.75, 3.05) is 39.4 Å². The second-order valence-electron chi connectivity index (χ2n) is 8.63. The summed E-state index contributed by atoms with van der Waals surface area (Å²) in [6.45, 7) is 7.78. The van der Waals surface area contributed by atoms with Gasteiger partial charge in [-0.2, -0.15) is 0 Å². The number of aromatic nitrogens is 2. The minimum absolute atomic E-state index is 0.0760. The number of morpholine rings is 1. The monoisotopic (exact) mass is 412 g/mol. The number of rotatable bonds is 4. The van der Waals surface area contributed by atoms with Crippen molar-refractivity contribution >= 4 is 5.91 Å². The van der Waals surface area contributed by atoms with Crippen LogP contribution in [0.15, 0.2) is 27.5 Å². The molecule has 0 radical (unpaired) electrons. The Morgan fingerprint density at radius 3 is 2.80 bits per heavy atom. The van der Waals surface area contributed by atoms with Crippen molar-refractivity contribution in [1.29, 1.82) is 0 Å². The normalized spacial score (nSPS) is 24.0. The van der Waals surface area contributed by atoms with Gasteiger partial charge in [-0.15, -0.1) is 0 Å². The van der Waals surface area contributed by atoms with Crippen LogP contribution in [0.2, 0.25) is 0 Å². The molecule has 0 unspecified atom stereocenters. The Balaban J connectivity index is 1.35. The van der Waals surface area contributed by atoms with Gasteiger partial charge in [-0.05, 0) is 18.4 Å². The number of aryl methyl sites for hydroxylation is 1. The third kappa shape index (κ3) is 3.58. The van der Waals surface area contributed by atoms with Gasteiger partial charge in [0, 0.05) is 68.9 Å². The molecule has 8 heteroatoms. The Labute approximate surface area is 175 Å². The lowest BCUT2D eigenvalue weighted by molar-refractivity contribution is 0.0338. The molecular weight excluding hydrogens is 384 g/mol. The quantitative estimate of drug-likeness (QED) is 0.757. The fourth-order valence-electron chi connectivity index (χ4n) is 5.02. The van der Waals surface area contributed by atoms with Gasteiger partial charge >= 0.3 is 0 Å². The van der Waals surface area contributed by atoms with Crippen LogP contribution in [0.5, 0.6) is 0 Å². The van der Waals surface area contributed by atoms with E-state index in [4.69, 9.17) is 9.26 Å². The summed E-state index contributed by atoms with van der Waals surface area (Å²) in [6.07, 6.45) is 1.74. The molecule has 5 heterocycles. The Hall–Kier alpha value is -2.45. The predicted molar refractivity (Wildman–Crippen MR) is 109 cm³/mol. The van der Waals surface area contributed by atoms with Gasteiger partial charge in [-0.1, -0.05) is 18.1 Å². The number of carbonyl (C=O) groups excluding carboxylic acids is 1. The van der Waals surface area contributed by atoms with Gasteiger partial charge in [0.1, 0.15) is 5.76 Å². The predicted octanol–water partition coefficient (Wildman–Crippen LogP) is 1.49. The standard InChI is InChI=1S/C22H28N4O4/c1-2-18-10-19(23-30-18)22(28)25-11-15-9-17(14-25)20-4-3-16(21(27)26(20)12-15)13-24-5-7-29-8-6-24/h3-4,10,15,17H,2,5-9,11-14H2,1H3/t15-,17+/m0/s1. The van der Waals surface area contributed by atoms with Crippen LogP contribution in [0, 0.1) is 5.92 Å². The van der Waals surface area contributed by atoms with E-state index in [2.05, 4.69) is 16.1 Å². The molecule has 3 aliphatic heterocycles. The molecule has 0 saturated carbocycles. The van der Waals surface area contributed by atoms with Crippen LogP contribution >= 0.6 is 0 Å². The molecule has 0 spiro atoms. The van der Waals surface area contributed by atoms with E-state index in [0.29, 0.717) is 38.3 Å². The highest BCUT2D eigenvalue weighted by Gasteiger charge is 2.37. The average molecular weight is 412 g/mol. The molecule has 2 saturated heterocycles. The Morgan fingerprint density at radius 1 is 1.20 bits per heavy atom. The smallest absolute Gasteiger partial charge is 0.276 e. The fourth-order valence-corrected chi connectivity index (χ4v) is 5.02. The van der Waals surface area contributed by atoms with Crippen LogP contribution in [0.4, 0.5) is 0 Å². The van der Waals surface area contributed by atoms with Crippen molar-refractivity contribution < 1.29 is 14.1 Å². The Kier molecular flexibility index (Phi) is 5.20. The molecular formula is C22H28N4O4. The molecule has 2 fully saturated rings. The van der Waals surface area contributed by atoms with Gasteiger partial charge in [0.05, 0.1) is 13.2 Å². The van der Waals surface area contributed by atoms with Crippen molar-refractivity contribution in [1.82, 2.24) is 19.5 Å². The summed E-state index contributed by atoms with van der Waals surface area (Å²) in [6, 6.07) is 5.82. The first kappa shape index (κ1) is 19.5. The second kappa shape index (κ2) is 8.00. The van der Waals surface area contributed by atoms with E-state index in [1.54, 1.807) is 6.07 Å². The number of ether oxygens (including phenoxy) is 1. The summed E-state index contributed by atoms with van der Waals surface area (Å²) in [4.78, 5) is 30.3. The van der Waals surface area contributed by atoms with Crippen LogP contribution in [0.3, 0.4) is 0 Å². The van der Waals surface area contributed by atoms with E-state index in [1.807, 2.05) is 22.5 Å². The SMILES string of the molecule is CCc1cc(C(=O)N2C[C@@H]3C[C@H](C2)c2ccc(CN4CCOCC4)c(=O)n2C3)no1. The molecule has 2 atom stereocenters. The van der Waals surface area contributed by atoms with Gasteiger partial charge in [0.25, 0.3) is 11.5 Å². The number of hydrogen-bond donors (Lipinski definition) is 0. The van der Waals surface area contributed by atoms with E-state index in [0.717, 1.165) is 49.7 Å². The van der Waals surface area contributed by atoms with Gasteiger partial charge in [-0.25, -0.2) is 0 Å². The van der Waals surface area contributed by atoms with E-state index < -0.39 is 0 Å². The van der Waals surface area contributed by atoms with Crippen LogP contribution in [-0.2, 0) is 24.2 Å². The maximum absolute atomic E-state index is 13.2. The number of nitrogens with zero attached hydrogens (tertiary/aromatic N) is 4. The maximum atomic E-state index is 13.2. The summed E-state index contributed by atoms with van der Waals surface area (Å²) in [5.41, 5.74) is 2.40. The highest BCUT2D eigenvalue weighted by Crippen LogP contribution is 2.35. The average Bonchev–Trinajstić information content (AvgIpc) is 3.25. The molecule has 8 nitrogen and oxygen atoms in total. The minimum atomic E-state index is -0.0760. The molecule has 0 N–H and O–H groups in total. The van der Waals surface area contributed by atoms with Crippen LogP contribution in [-0.4, -0.2) is 64.8 Å². The van der Waals surface area contributed by atoms with Crippen LogP contribution in [0.25, 0.3) is 0 Å². The van der Waals surface area contributed by atoms with Gasteiger partial charge in [0.15, 0.2) is 5.69 Å². The lowest BCUT2D eigenvalue weighted by Gasteiger charge is -2.42. The Morgan fingerprint density at radius 2 is 2.03 bits per heavy atom. The number of fused-ring (bicyclic) bond motifs is 4. The van der Waals surface area contributed by atoms with Crippen molar-refractivity contribution in [3.63, 3.8) is 0 Å². The molecule has 5 rings (SSSR count). The molecule has 1 amide bonds. The molecule has 0 aromatic carbocycles. The lowest BCUT2D eigenvalue weighted by Crippen LogP contribution is -2.49. The second-order valence-corrected chi connectivity index (χ2v) is 8.63. The van der Waals surface area contributed by atoms with Gasteiger partial charge in [-0.3, -0.25) is 14.5 Å². The van der Waals surface area contributed by atoms with E-state index in [1.165, 1.54) is 0 Å². The number of hydrogen-bond acceptors (Lipinski definition) is 6. The van der Waals surface area contributed by atoms with E-state index >= 15 is 0 Å². The Bertz CT molecular complexity index is 991. The lowest BCUT2D eigenvalue weighted by atomic mass is 9.83. The van der Waals surface area contributed by atoms with Gasteiger partial charge in [0.2, 0.25) is 0 Å². The van der Waals surface area contributed by atoms with Crippen LogP contribution < -0.4 is 5.56 Å². The molecule has 2 bridgehead atoms. The molecule has 3 aliphatic rings. The van der Waals surface area contributed by atoms with Crippen molar-refractivity contribution in [3.8, 4) is 0 Å². The minimum Gasteiger partial charge on any atom is -0.379 e. The number of carbonyl (C=O) groups is 1. The molecule has 2 aromatic rings. The van der Waals surface area contributed by atoms with Gasteiger partial charge < -0.3 is 18.7 Å². The maximum Gasteiger partial charge on any atom is 0.276 e. The summed E-state index contributed by atoms with van der Waals surface area (Å²) < 4.78 is 12.6. The summed E-state index contributed by atoms with van der Waals surface area (Å²) >= 11 is 0. The summed E-state index contributed by atoms with van der Waals surface area (Å²) in [5, 5.41) is 3.95. The molecule has 0 aliphatic carbocycles. The number of amides is 1. The van der Waals surface area contributed by atoms with Crippen molar-refractivity contribution in [2.45, 2.75) is 38.8 Å². The highest BCUT2D eigenvalue weighted by atomic mass is 16.5. The first-order valence-electron chi connectivity index (χ1n) is 10.9. The summed E-state index contributed by atoms with van der Waals surface area (Å²) in [7, 11) is 0. The summed E-state index contributed by atoms with van der Waals surface area (Å²) in [5.74, 6) is 1.12. The molecule has 30 heavy (non-hydrogen) atoms.